The summed E-state index contributed by atoms with van der Waals surface area (Å²) in [5.74, 6) is 0.385. The zero-order chi connectivity index (χ0) is 22.0. The Morgan fingerprint density at radius 1 is 1.10 bits per heavy atom. The molecule has 0 saturated carbocycles. The van der Waals surface area contributed by atoms with Crippen LogP contribution in [0.25, 0.3) is 11.0 Å². The second-order valence-electron chi connectivity index (χ2n) is 8.02. The largest absolute Gasteiger partial charge is 0.366 e. The van der Waals surface area contributed by atoms with Crippen molar-refractivity contribution in [2.24, 2.45) is 11.7 Å². The highest BCUT2D eigenvalue weighted by Gasteiger charge is 2.23. The van der Waals surface area contributed by atoms with Crippen LogP contribution in [-0.2, 0) is 11.3 Å². The first-order valence-electron chi connectivity index (χ1n) is 10.6. The van der Waals surface area contributed by atoms with Gasteiger partial charge in [0.2, 0.25) is 17.8 Å². The summed E-state index contributed by atoms with van der Waals surface area (Å²) in [5, 5.41) is 6.36. The monoisotopic (exact) mass is 420 g/mol. The van der Waals surface area contributed by atoms with Crippen molar-refractivity contribution in [1.82, 2.24) is 14.5 Å². The van der Waals surface area contributed by atoms with Crippen molar-refractivity contribution in [1.29, 1.82) is 0 Å². The molecule has 4 rings (SSSR count). The molecule has 0 atom stereocenters. The van der Waals surface area contributed by atoms with Gasteiger partial charge in [0.05, 0.1) is 11.0 Å². The molecule has 0 aliphatic carbocycles. The second-order valence-corrected chi connectivity index (χ2v) is 8.02. The Hall–Kier alpha value is -3.39. The molecule has 0 unspecified atom stereocenters. The van der Waals surface area contributed by atoms with Gasteiger partial charge in [0, 0.05) is 29.4 Å². The van der Waals surface area contributed by atoms with Gasteiger partial charge in [-0.1, -0.05) is 0 Å². The summed E-state index contributed by atoms with van der Waals surface area (Å²) in [6.45, 7) is 4.62. The third-order valence-electron chi connectivity index (χ3n) is 5.85. The van der Waals surface area contributed by atoms with E-state index in [-0.39, 0.29) is 11.8 Å². The van der Waals surface area contributed by atoms with Crippen LogP contribution in [0.5, 0.6) is 0 Å². The van der Waals surface area contributed by atoms with Crippen LogP contribution < -0.4 is 16.4 Å². The van der Waals surface area contributed by atoms with E-state index in [2.05, 4.69) is 27.6 Å². The molecule has 8 heteroatoms. The first-order chi connectivity index (χ1) is 14.9. The van der Waals surface area contributed by atoms with E-state index in [4.69, 9.17) is 5.73 Å². The summed E-state index contributed by atoms with van der Waals surface area (Å²) in [4.78, 5) is 30.9. The van der Waals surface area contributed by atoms with Crippen LogP contribution in [-0.4, -0.2) is 46.4 Å². The molecule has 1 fully saturated rings. The summed E-state index contributed by atoms with van der Waals surface area (Å²) in [6, 6.07) is 12.9. The standard InChI is InChI=1S/C23H28N6O2/c1-3-29-20-14-16(21(24)30)4-9-19(20)27-23(29)26-18-7-5-17(6-8-18)25-22(31)15-10-12-28(2)13-11-15/h4-9,14-15H,3,10-13H2,1-2H3,(H2,24,30)(H,25,31)(H,26,27). The average Bonchev–Trinajstić information content (AvgIpc) is 3.11. The number of carbonyl (C=O) groups excluding carboxylic acids is 2. The predicted octanol–water partition coefficient (Wildman–Crippen LogP) is 3.18. The molecule has 2 heterocycles. The number of anilines is 3. The lowest BCUT2D eigenvalue weighted by molar-refractivity contribution is -0.121. The molecule has 0 spiro atoms. The Morgan fingerprint density at radius 2 is 1.77 bits per heavy atom. The summed E-state index contributed by atoms with van der Waals surface area (Å²) in [6.07, 6.45) is 1.79. The van der Waals surface area contributed by atoms with Crippen molar-refractivity contribution in [3.8, 4) is 0 Å². The number of nitrogens with two attached hydrogens (primary N) is 1. The summed E-state index contributed by atoms with van der Waals surface area (Å²) in [7, 11) is 2.09. The highest BCUT2D eigenvalue weighted by molar-refractivity contribution is 5.97. The highest BCUT2D eigenvalue weighted by Crippen LogP contribution is 2.25. The quantitative estimate of drug-likeness (QED) is 0.568. The van der Waals surface area contributed by atoms with Gasteiger partial charge in [0.15, 0.2) is 0 Å². The number of aryl methyl sites for hydroxylation is 1. The first-order valence-corrected chi connectivity index (χ1v) is 10.6. The maximum absolute atomic E-state index is 12.5. The van der Waals surface area contributed by atoms with Crippen LogP contribution in [0.15, 0.2) is 42.5 Å². The molecular weight excluding hydrogens is 392 g/mol. The molecule has 2 aromatic carbocycles. The maximum atomic E-state index is 12.5. The van der Waals surface area contributed by atoms with Gasteiger partial charge in [-0.3, -0.25) is 9.59 Å². The van der Waals surface area contributed by atoms with Crippen molar-refractivity contribution in [3.63, 3.8) is 0 Å². The molecule has 1 saturated heterocycles. The Labute approximate surface area is 181 Å². The SMILES string of the molecule is CCn1c(Nc2ccc(NC(=O)C3CCN(C)CC3)cc2)nc2ccc(C(N)=O)cc21. The number of fused-ring (bicyclic) bond motifs is 1. The minimum atomic E-state index is -0.460. The van der Waals surface area contributed by atoms with E-state index in [1.54, 1.807) is 18.2 Å². The molecule has 1 aliphatic heterocycles. The van der Waals surface area contributed by atoms with Crippen LogP contribution in [0.4, 0.5) is 17.3 Å². The predicted molar refractivity (Wildman–Crippen MR) is 123 cm³/mol. The molecule has 1 aromatic heterocycles. The molecule has 4 N–H and O–H groups in total. The van der Waals surface area contributed by atoms with Gasteiger partial charge < -0.3 is 25.8 Å². The number of benzene rings is 2. The van der Waals surface area contributed by atoms with Crippen molar-refractivity contribution < 1.29 is 9.59 Å². The Kier molecular flexibility index (Phi) is 5.90. The van der Waals surface area contributed by atoms with Crippen LogP contribution >= 0.6 is 0 Å². The molecule has 0 bridgehead atoms. The Bertz CT molecular complexity index is 1100. The third-order valence-corrected chi connectivity index (χ3v) is 5.85. The number of piperidine rings is 1. The van der Waals surface area contributed by atoms with Gasteiger partial charge in [-0.15, -0.1) is 0 Å². The fraction of sp³-hybridized carbons (Fsp3) is 0.348. The number of amides is 2. The zero-order valence-electron chi connectivity index (χ0n) is 17.9. The normalized spacial score (nSPS) is 15.2. The van der Waals surface area contributed by atoms with Crippen molar-refractivity contribution in [2.45, 2.75) is 26.3 Å². The van der Waals surface area contributed by atoms with Crippen LogP contribution in [0.1, 0.15) is 30.1 Å². The third kappa shape index (κ3) is 4.54. The molecule has 3 aromatic rings. The van der Waals surface area contributed by atoms with E-state index in [0.717, 1.165) is 48.3 Å². The molecule has 162 valence electrons. The minimum Gasteiger partial charge on any atom is -0.366 e. The number of hydrogen-bond acceptors (Lipinski definition) is 5. The number of hydrogen-bond donors (Lipinski definition) is 3. The summed E-state index contributed by atoms with van der Waals surface area (Å²) < 4.78 is 2.00. The van der Waals surface area contributed by atoms with E-state index >= 15 is 0 Å². The number of imidazole rings is 1. The van der Waals surface area contributed by atoms with Gasteiger partial charge in [0.25, 0.3) is 0 Å². The van der Waals surface area contributed by atoms with E-state index in [9.17, 15) is 9.59 Å². The smallest absolute Gasteiger partial charge is 0.248 e. The fourth-order valence-electron chi connectivity index (χ4n) is 3.97. The van der Waals surface area contributed by atoms with E-state index in [1.807, 2.05) is 35.8 Å². The van der Waals surface area contributed by atoms with Crippen molar-refractivity contribution in [3.05, 3.63) is 48.0 Å². The lowest BCUT2D eigenvalue weighted by Crippen LogP contribution is -2.35. The average molecular weight is 421 g/mol. The lowest BCUT2D eigenvalue weighted by atomic mass is 9.96. The maximum Gasteiger partial charge on any atom is 0.248 e. The van der Waals surface area contributed by atoms with Gasteiger partial charge in [-0.2, -0.15) is 0 Å². The van der Waals surface area contributed by atoms with Crippen molar-refractivity contribution in [2.75, 3.05) is 30.8 Å². The Morgan fingerprint density at radius 3 is 2.42 bits per heavy atom. The molecule has 31 heavy (non-hydrogen) atoms. The number of nitrogens with zero attached hydrogens (tertiary/aromatic N) is 3. The highest BCUT2D eigenvalue weighted by atomic mass is 16.2. The van der Waals surface area contributed by atoms with Crippen molar-refractivity contribution >= 4 is 40.2 Å². The molecular formula is C23H28N6O2. The number of nitrogens with one attached hydrogen (secondary N) is 2. The summed E-state index contributed by atoms with van der Waals surface area (Å²) >= 11 is 0. The molecule has 8 nitrogen and oxygen atoms in total. The number of primary amides is 1. The molecule has 1 aliphatic rings. The van der Waals surface area contributed by atoms with Gasteiger partial charge in [0.1, 0.15) is 0 Å². The van der Waals surface area contributed by atoms with Gasteiger partial charge >= 0.3 is 0 Å². The summed E-state index contributed by atoms with van der Waals surface area (Å²) in [5.41, 5.74) is 9.15. The van der Waals surface area contributed by atoms with Crippen LogP contribution in [0.3, 0.4) is 0 Å². The van der Waals surface area contributed by atoms with Crippen LogP contribution in [0.2, 0.25) is 0 Å². The number of aromatic nitrogens is 2. The Balaban J connectivity index is 1.47. The van der Waals surface area contributed by atoms with Gasteiger partial charge in [-0.05, 0) is 82.4 Å². The number of likely N-dealkylation sites (tertiary alicyclic amines) is 1. The van der Waals surface area contributed by atoms with E-state index < -0.39 is 5.91 Å². The molecule has 0 radical (unpaired) electrons. The first kappa shape index (κ1) is 20.9. The fourth-order valence-corrected chi connectivity index (χ4v) is 3.97. The minimum absolute atomic E-state index is 0.0729. The van der Waals surface area contributed by atoms with E-state index in [0.29, 0.717) is 18.1 Å². The number of carbonyl (C=O) groups is 2. The lowest BCUT2D eigenvalue weighted by Gasteiger charge is -2.28. The van der Waals surface area contributed by atoms with Gasteiger partial charge in [-0.25, -0.2) is 4.98 Å². The zero-order valence-corrected chi connectivity index (χ0v) is 17.9. The number of rotatable bonds is 6. The molecule has 2 amide bonds. The topological polar surface area (TPSA) is 105 Å². The van der Waals surface area contributed by atoms with Crippen LogP contribution in [0, 0.1) is 5.92 Å². The van der Waals surface area contributed by atoms with E-state index in [1.165, 1.54) is 0 Å². The second kappa shape index (κ2) is 8.77.